The van der Waals surface area contributed by atoms with Gasteiger partial charge in [0.15, 0.2) is 11.6 Å². The Balaban J connectivity index is 0.000000176. The number of benzene rings is 2. The molecule has 10 rings (SSSR count). The molecule has 0 heterocycles. The van der Waals surface area contributed by atoms with Crippen LogP contribution in [0.25, 0.3) is 0 Å². The lowest BCUT2D eigenvalue weighted by Gasteiger charge is -2.56. The Morgan fingerprint density at radius 2 is 0.958 bits per heavy atom. The molecular weight excluding hydrogens is 951 g/mol. The molecule has 2 aromatic rings. The van der Waals surface area contributed by atoms with Crippen molar-refractivity contribution in [3.8, 4) is 0 Å². The normalized spacial score (nSPS) is 34.9. The minimum absolute atomic E-state index is 0.0101. The summed E-state index contributed by atoms with van der Waals surface area (Å²) in [4.78, 5) is 46.7. The van der Waals surface area contributed by atoms with Gasteiger partial charge in [-0.1, -0.05) is 61.4 Å². The molecule has 10 atom stereocenters. The van der Waals surface area contributed by atoms with Crippen molar-refractivity contribution in [3.63, 3.8) is 0 Å². The summed E-state index contributed by atoms with van der Waals surface area (Å²) < 4.78 is 141. The van der Waals surface area contributed by atoms with Gasteiger partial charge in [0.25, 0.3) is 0 Å². The number of carbonyl (C=O) groups is 4. The molecule has 0 spiro atoms. The van der Waals surface area contributed by atoms with Crippen LogP contribution in [0.3, 0.4) is 0 Å². The standard InChI is InChI=1S/C27H27F5O4.C27H27F5O3/c1-24-13-20(14-2-4-15(5-3-14)23(34)35)22-18-9-7-17(33)12-16(18)6-8-19(22)21(24)10-11-25(24,36)26(28,29)27(30,31)32;1-24-13-21(16-4-2-15(14-33)3-5-16)23-19-9-7-18(34)12-17(19)6-8-20(23)22(24)10-11-25(24,35)26(28,29)27(30,31)32/h2-5,12,19-21,36H,6-11,13H2,1H3,(H,34,35);2-5,12,14,20-22,35H,6-11,13H2,1H3/t19?,20-,21?,24+,25+;20?,21-,22?,24+,25+/m11/s1. The van der Waals surface area contributed by atoms with E-state index in [1.165, 1.54) is 26.0 Å². The molecule has 4 fully saturated rings. The van der Waals surface area contributed by atoms with Crippen LogP contribution in [0.4, 0.5) is 43.9 Å². The summed E-state index contributed by atoms with van der Waals surface area (Å²) in [5, 5.41) is 31.7. The summed E-state index contributed by atoms with van der Waals surface area (Å²) >= 11 is 0. The zero-order valence-corrected chi connectivity index (χ0v) is 39.0. The predicted octanol–water partition coefficient (Wildman–Crippen LogP) is 12.5. The van der Waals surface area contributed by atoms with E-state index in [2.05, 4.69) is 0 Å². The fourth-order valence-electron chi connectivity index (χ4n) is 15.1. The fourth-order valence-corrected chi connectivity index (χ4v) is 15.1. The smallest absolute Gasteiger partial charge is 0.456 e. The Morgan fingerprint density at radius 1 is 0.577 bits per heavy atom. The number of aromatic carboxylic acids is 1. The van der Waals surface area contributed by atoms with Crippen LogP contribution in [0.5, 0.6) is 0 Å². The molecule has 17 heteroatoms. The Kier molecular flexibility index (Phi) is 12.3. The highest BCUT2D eigenvalue weighted by atomic mass is 19.4. The third kappa shape index (κ3) is 7.57. The lowest BCUT2D eigenvalue weighted by molar-refractivity contribution is -0.362. The van der Waals surface area contributed by atoms with Crippen LogP contribution in [0.15, 0.2) is 94.1 Å². The third-order valence-corrected chi connectivity index (χ3v) is 18.6. The number of aldehydes is 1. The van der Waals surface area contributed by atoms with Crippen molar-refractivity contribution in [2.45, 2.75) is 151 Å². The summed E-state index contributed by atoms with van der Waals surface area (Å²) in [5.74, 6) is -14.4. The monoisotopic (exact) mass is 1000 g/mol. The second kappa shape index (κ2) is 17.1. The highest BCUT2D eigenvalue weighted by Crippen LogP contribution is 2.72. The van der Waals surface area contributed by atoms with Gasteiger partial charge in [-0.2, -0.15) is 43.9 Å². The van der Waals surface area contributed by atoms with Crippen molar-refractivity contribution in [2.24, 2.45) is 34.5 Å². The fraction of sp³-hybridized carbons (Fsp3) is 0.556. The minimum atomic E-state index is -5.90. The Labute approximate surface area is 403 Å². The van der Waals surface area contributed by atoms with E-state index in [9.17, 15) is 78.4 Å². The molecular formula is C54H54F10O7. The highest BCUT2D eigenvalue weighted by Gasteiger charge is 2.80. The first-order valence-electron chi connectivity index (χ1n) is 24.2. The molecule has 71 heavy (non-hydrogen) atoms. The Morgan fingerprint density at radius 3 is 1.31 bits per heavy atom. The van der Waals surface area contributed by atoms with E-state index in [1.807, 2.05) is 0 Å². The lowest BCUT2D eigenvalue weighted by atomic mass is 9.50. The summed E-state index contributed by atoms with van der Waals surface area (Å²) in [6.45, 7) is 2.76. The molecule has 7 nitrogen and oxygen atoms in total. The van der Waals surface area contributed by atoms with Crippen molar-refractivity contribution < 1.29 is 78.4 Å². The van der Waals surface area contributed by atoms with E-state index < -0.39 is 88.7 Å². The van der Waals surface area contributed by atoms with Crippen LogP contribution in [-0.4, -0.2) is 74.5 Å². The topological polar surface area (TPSA) is 129 Å². The van der Waals surface area contributed by atoms with E-state index in [4.69, 9.17) is 0 Å². The van der Waals surface area contributed by atoms with E-state index in [0.29, 0.717) is 74.3 Å². The largest absolute Gasteiger partial charge is 0.478 e. The zero-order valence-electron chi connectivity index (χ0n) is 39.0. The molecule has 0 aliphatic heterocycles. The third-order valence-electron chi connectivity index (χ3n) is 18.6. The predicted molar refractivity (Wildman–Crippen MR) is 238 cm³/mol. The number of fused-ring (bicyclic) bond motifs is 8. The van der Waals surface area contributed by atoms with Gasteiger partial charge in [-0.15, -0.1) is 0 Å². The van der Waals surface area contributed by atoms with E-state index >= 15 is 0 Å². The van der Waals surface area contributed by atoms with E-state index in [-0.39, 0.29) is 54.6 Å². The Bertz CT molecular complexity index is 2680. The molecule has 2 aromatic carbocycles. The van der Waals surface area contributed by atoms with Crippen molar-refractivity contribution in [1.29, 1.82) is 0 Å². The maximum absolute atomic E-state index is 14.9. The van der Waals surface area contributed by atoms with Crippen molar-refractivity contribution in [3.05, 3.63) is 116 Å². The number of carbonyl (C=O) groups excluding carboxylic acids is 3. The first kappa shape index (κ1) is 51.0. The first-order chi connectivity index (χ1) is 33.0. The van der Waals surface area contributed by atoms with Gasteiger partial charge in [0.1, 0.15) is 17.5 Å². The highest BCUT2D eigenvalue weighted by molar-refractivity contribution is 5.93. The molecule has 8 aliphatic rings. The van der Waals surface area contributed by atoms with Gasteiger partial charge in [0.2, 0.25) is 0 Å². The van der Waals surface area contributed by atoms with Crippen molar-refractivity contribution in [2.75, 3.05) is 0 Å². The summed E-state index contributed by atoms with van der Waals surface area (Å²) in [6, 6.07) is 12.6. The van der Waals surface area contributed by atoms with Crippen LogP contribution in [0, 0.1) is 34.5 Å². The Hall–Kier alpha value is -4.90. The number of halogens is 10. The molecule has 3 N–H and O–H groups in total. The van der Waals surface area contributed by atoms with Gasteiger partial charge < -0.3 is 15.3 Å². The second-order valence-corrected chi connectivity index (χ2v) is 21.6. The molecule has 4 saturated carbocycles. The number of ketones is 2. The first-order valence-corrected chi connectivity index (χ1v) is 24.2. The maximum Gasteiger partial charge on any atom is 0.456 e. The van der Waals surface area contributed by atoms with Gasteiger partial charge >= 0.3 is 30.2 Å². The average Bonchev–Trinajstić information content (AvgIpc) is 3.76. The number of rotatable bonds is 6. The summed E-state index contributed by atoms with van der Waals surface area (Å²) in [5.41, 5.74) is -2.36. The molecule has 0 aromatic heterocycles. The number of carboxylic acids is 1. The molecule has 4 unspecified atom stereocenters. The number of hydrogen-bond acceptors (Lipinski definition) is 6. The van der Waals surface area contributed by atoms with Gasteiger partial charge in [0, 0.05) is 41.1 Å². The van der Waals surface area contributed by atoms with Gasteiger partial charge in [-0.25, -0.2) is 4.79 Å². The molecule has 0 saturated heterocycles. The average molecular weight is 1000 g/mol. The van der Waals surface area contributed by atoms with E-state index in [0.717, 1.165) is 33.4 Å². The zero-order chi connectivity index (χ0) is 51.6. The molecule has 0 amide bonds. The molecule has 0 radical (unpaired) electrons. The van der Waals surface area contributed by atoms with E-state index in [1.54, 1.807) is 48.6 Å². The van der Waals surface area contributed by atoms with Crippen molar-refractivity contribution >= 4 is 23.8 Å². The quantitative estimate of drug-likeness (QED) is 0.194. The SMILES string of the molecule is C[C@]12C[C@H](c3ccc(C(=O)O)cc3)C3=C4CCC(=O)C=C4CCC3C1CC[C@@]2(O)C(F)(F)C(F)(F)F.C[C@]12C[C@H](c3ccc(C=O)cc3)C3=C4CCC(=O)C=C4CCC3C1CC[C@@]2(O)C(F)(F)C(F)(F)F. The lowest BCUT2D eigenvalue weighted by Crippen LogP contribution is -2.65. The summed E-state index contributed by atoms with van der Waals surface area (Å²) in [6.07, 6.45) is -5.44. The molecule has 382 valence electrons. The van der Waals surface area contributed by atoms with Crippen LogP contribution in [0.1, 0.15) is 147 Å². The maximum atomic E-state index is 14.9. The number of carboxylic acid groups (broad SMARTS) is 1. The second-order valence-electron chi connectivity index (χ2n) is 21.6. The van der Waals surface area contributed by atoms with Gasteiger partial charge in [-0.05, 0) is 158 Å². The van der Waals surface area contributed by atoms with Crippen molar-refractivity contribution in [1.82, 2.24) is 0 Å². The van der Waals surface area contributed by atoms with Crippen LogP contribution in [-0.2, 0) is 9.59 Å². The van der Waals surface area contributed by atoms with Gasteiger partial charge in [-0.3, -0.25) is 14.4 Å². The molecule has 0 bridgehead atoms. The van der Waals surface area contributed by atoms with Crippen LogP contribution < -0.4 is 0 Å². The minimum Gasteiger partial charge on any atom is -0.478 e. The number of hydrogen-bond donors (Lipinski definition) is 3. The van der Waals surface area contributed by atoms with Gasteiger partial charge in [0.05, 0.1) is 5.56 Å². The molecule has 8 aliphatic carbocycles. The summed E-state index contributed by atoms with van der Waals surface area (Å²) in [7, 11) is 0. The number of alkyl halides is 10. The number of aliphatic hydroxyl groups is 2. The number of allylic oxidation sites excluding steroid dienone is 8. The van der Waals surface area contributed by atoms with Crippen LogP contribution >= 0.6 is 0 Å². The van der Waals surface area contributed by atoms with Crippen LogP contribution in [0.2, 0.25) is 0 Å².